The second-order valence-corrected chi connectivity index (χ2v) is 10.6. The molecule has 0 fully saturated rings. The average Bonchev–Trinajstić information content (AvgIpc) is 2.89. The Kier molecular flexibility index (Phi) is 8.67. The molecule has 0 radical (unpaired) electrons. The van der Waals surface area contributed by atoms with Crippen LogP contribution in [0.4, 0.5) is 32.0 Å². The highest BCUT2D eigenvalue weighted by atomic mass is 31.2. The summed E-state index contributed by atoms with van der Waals surface area (Å²) in [5.41, 5.74) is -1.41. The van der Waals surface area contributed by atoms with Gasteiger partial charge >= 0.3 is 18.3 Å². The van der Waals surface area contributed by atoms with Crippen LogP contribution in [-0.4, -0.2) is 29.3 Å². The minimum absolute atomic E-state index is 0.0646. The summed E-state index contributed by atoms with van der Waals surface area (Å²) < 4.78 is 96.6. The number of non-ortho nitro benzene ring substituents is 1. The SMILES string of the molecule is C=C(C(=O)OC(C(F)(F)F)C(F)(F)F)[C@@H](NP(=O)(c1ccccc1)c1ccccc1)c1ccc([N+](=O)[O-])cc1. The molecule has 7 nitrogen and oxygen atoms in total. The van der Waals surface area contributed by atoms with Gasteiger partial charge in [0.25, 0.3) is 11.8 Å². The number of halogens is 6. The molecule has 1 atom stereocenters. The lowest BCUT2D eigenvalue weighted by atomic mass is 10.0. The van der Waals surface area contributed by atoms with Crippen molar-refractivity contribution in [1.29, 1.82) is 0 Å². The Balaban J connectivity index is 2.11. The van der Waals surface area contributed by atoms with Crippen molar-refractivity contribution in [2.45, 2.75) is 24.5 Å². The molecule has 206 valence electrons. The zero-order valence-electron chi connectivity index (χ0n) is 19.6. The predicted molar refractivity (Wildman–Crippen MR) is 130 cm³/mol. The van der Waals surface area contributed by atoms with E-state index in [0.29, 0.717) is 0 Å². The van der Waals surface area contributed by atoms with Crippen LogP contribution in [0.3, 0.4) is 0 Å². The number of hydrogen-bond acceptors (Lipinski definition) is 5. The molecule has 0 aliphatic heterocycles. The lowest BCUT2D eigenvalue weighted by Gasteiger charge is -2.29. The molecule has 0 heterocycles. The summed E-state index contributed by atoms with van der Waals surface area (Å²) in [5.74, 6) is -2.07. The van der Waals surface area contributed by atoms with Gasteiger partial charge in [-0.05, 0) is 29.8 Å². The van der Waals surface area contributed by atoms with Crippen molar-refractivity contribution in [2.24, 2.45) is 0 Å². The van der Waals surface area contributed by atoms with Crippen LogP contribution in [0.5, 0.6) is 0 Å². The number of nitrogens with zero attached hydrogens (tertiary/aromatic N) is 1. The van der Waals surface area contributed by atoms with Crippen LogP contribution in [0.1, 0.15) is 11.6 Å². The van der Waals surface area contributed by atoms with E-state index >= 15 is 0 Å². The van der Waals surface area contributed by atoms with Gasteiger partial charge in [-0.3, -0.25) is 14.7 Å². The molecule has 0 amide bonds. The molecule has 0 spiro atoms. The molecule has 3 aromatic carbocycles. The van der Waals surface area contributed by atoms with Gasteiger partial charge in [-0.25, -0.2) is 9.88 Å². The fourth-order valence-corrected chi connectivity index (χ4v) is 5.97. The molecule has 1 N–H and O–H groups in total. The summed E-state index contributed by atoms with van der Waals surface area (Å²) in [6.07, 6.45) is -16.4. The predicted octanol–water partition coefficient (Wildman–Crippen LogP) is 5.75. The lowest BCUT2D eigenvalue weighted by molar-refractivity contribution is -0.384. The smallest absolute Gasteiger partial charge is 0.434 e. The van der Waals surface area contributed by atoms with Crippen LogP contribution in [0, 0.1) is 10.1 Å². The number of rotatable bonds is 9. The Labute approximate surface area is 217 Å². The summed E-state index contributed by atoms with van der Waals surface area (Å²) in [5, 5.41) is 14.1. The van der Waals surface area contributed by atoms with Crippen LogP contribution in [0.2, 0.25) is 0 Å². The van der Waals surface area contributed by atoms with Crippen molar-refractivity contribution >= 4 is 29.6 Å². The molecule has 0 saturated heterocycles. The van der Waals surface area contributed by atoms with E-state index in [2.05, 4.69) is 16.4 Å². The Morgan fingerprint density at radius 1 is 0.846 bits per heavy atom. The first kappa shape index (κ1) is 29.6. The molecule has 14 heteroatoms. The highest BCUT2D eigenvalue weighted by molar-refractivity contribution is 7.76. The lowest BCUT2D eigenvalue weighted by Crippen LogP contribution is -2.46. The van der Waals surface area contributed by atoms with E-state index in [9.17, 15) is 45.8 Å². The van der Waals surface area contributed by atoms with Crippen LogP contribution in [0.25, 0.3) is 0 Å². The average molecular weight is 572 g/mol. The zero-order chi connectivity index (χ0) is 29.0. The van der Waals surface area contributed by atoms with Gasteiger partial charge in [-0.1, -0.05) is 55.1 Å². The molecule has 0 aliphatic rings. The highest BCUT2D eigenvalue weighted by Gasteiger charge is 2.60. The molecule has 0 aromatic heterocycles. The van der Waals surface area contributed by atoms with E-state index in [1.54, 1.807) is 36.4 Å². The Bertz CT molecular complexity index is 1320. The first-order chi connectivity index (χ1) is 18.1. The number of esters is 1. The maximum atomic E-state index is 14.5. The largest absolute Gasteiger partial charge is 0.439 e. The van der Waals surface area contributed by atoms with Crippen molar-refractivity contribution in [3.8, 4) is 0 Å². The van der Waals surface area contributed by atoms with Crippen molar-refractivity contribution in [3.63, 3.8) is 0 Å². The van der Waals surface area contributed by atoms with E-state index < -0.39 is 53.9 Å². The van der Waals surface area contributed by atoms with Crippen molar-refractivity contribution in [3.05, 3.63) is 113 Å². The number of nitro groups is 1. The second-order valence-electron chi connectivity index (χ2n) is 8.08. The maximum absolute atomic E-state index is 14.5. The number of alkyl halides is 6. The van der Waals surface area contributed by atoms with Gasteiger partial charge in [-0.2, -0.15) is 26.3 Å². The zero-order valence-corrected chi connectivity index (χ0v) is 20.5. The highest BCUT2D eigenvalue weighted by Crippen LogP contribution is 2.44. The third-order valence-electron chi connectivity index (χ3n) is 5.42. The number of hydrogen-bond donors (Lipinski definition) is 1. The first-order valence-electron chi connectivity index (χ1n) is 10.9. The van der Waals surface area contributed by atoms with Crippen LogP contribution in [-0.2, 0) is 14.1 Å². The van der Waals surface area contributed by atoms with E-state index in [4.69, 9.17) is 0 Å². The summed E-state index contributed by atoms with van der Waals surface area (Å²) in [6, 6.07) is 17.8. The topological polar surface area (TPSA) is 98.5 Å². The first-order valence-corrected chi connectivity index (χ1v) is 12.6. The molecule has 0 unspecified atom stereocenters. The molecule has 3 rings (SSSR count). The summed E-state index contributed by atoms with van der Waals surface area (Å²) >= 11 is 0. The van der Waals surface area contributed by atoms with Crippen molar-refractivity contribution < 1.29 is 45.4 Å². The molecular formula is C25H19F6N2O5P. The fraction of sp³-hybridized carbons (Fsp3) is 0.160. The minimum Gasteiger partial charge on any atom is -0.439 e. The molecule has 0 bridgehead atoms. The molecule has 3 aromatic rings. The number of carbonyl (C=O) groups is 1. The van der Waals surface area contributed by atoms with Gasteiger partial charge in [0.05, 0.1) is 16.5 Å². The van der Waals surface area contributed by atoms with Crippen LogP contribution >= 0.6 is 7.29 Å². The third kappa shape index (κ3) is 6.92. The van der Waals surface area contributed by atoms with Crippen molar-refractivity contribution in [1.82, 2.24) is 5.09 Å². The Morgan fingerprint density at radius 3 is 1.67 bits per heavy atom. The van der Waals surface area contributed by atoms with Gasteiger partial charge in [0.1, 0.15) is 0 Å². The molecular weight excluding hydrogens is 553 g/mol. The molecule has 0 saturated carbocycles. The van der Waals surface area contributed by atoms with E-state index in [-0.39, 0.29) is 16.2 Å². The van der Waals surface area contributed by atoms with E-state index in [1.165, 1.54) is 24.3 Å². The van der Waals surface area contributed by atoms with Crippen LogP contribution < -0.4 is 15.7 Å². The Morgan fingerprint density at radius 2 is 1.28 bits per heavy atom. The molecule has 0 aliphatic carbocycles. The number of nitrogens with one attached hydrogen (secondary N) is 1. The maximum Gasteiger partial charge on any atom is 0.434 e. The van der Waals surface area contributed by atoms with Gasteiger partial charge in [0.15, 0.2) is 0 Å². The van der Waals surface area contributed by atoms with Crippen LogP contribution in [0.15, 0.2) is 97.1 Å². The van der Waals surface area contributed by atoms with Gasteiger partial charge < -0.3 is 4.74 Å². The number of ether oxygens (including phenoxy) is 1. The third-order valence-corrected chi connectivity index (χ3v) is 8.09. The standard InChI is InChI=1S/C25H19F6N2O5P/c1-16(22(34)38-23(24(26,27)28)25(29,30)31)21(17-12-14-18(15-13-17)33(35)36)32-39(37,19-8-4-2-5-9-19)20-10-6-3-7-11-20/h2-15,21,23H,1H2,(H,32,37)/t21-/m1/s1. The quantitative estimate of drug-likeness (QED) is 0.0877. The second kappa shape index (κ2) is 11.4. The monoisotopic (exact) mass is 572 g/mol. The summed E-state index contributed by atoms with van der Waals surface area (Å²) in [4.78, 5) is 23.0. The number of nitro benzene ring substituents is 1. The number of benzene rings is 3. The van der Waals surface area contributed by atoms with Gasteiger partial charge in [-0.15, -0.1) is 0 Å². The summed E-state index contributed by atoms with van der Waals surface area (Å²) in [7, 11) is -3.97. The normalized spacial score (nSPS) is 13.1. The molecule has 39 heavy (non-hydrogen) atoms. The Hall–Kier alpha value is -3.96. The van der Waals surface area contributed by atoms with E-state index in [0.717, 1.165) is 24.3 Å². The van der Waals surface area contributed by atoms with Gasteiger partial charge in [0.2, 0.25) is 7.29 Å². The van der Waals surface area contributed by atoms with Gasteiger partial charge in [0, 0.05) is 22.7 Å². The minimum atomic E-state index is -5.98. The summed E-state index contributed by atoms with van der Waals surface area (Å²) in [6.45, 7) is 3.35. The van der Waals surface area contributed by atoms with E-state index in [1.807, 2.05) is 0 Å². The fourth-order valence-electron chi connectivity index (χ4n) is 3.52. The van der Waals surface area contributed by atoms with Crippen molar-refractivity contribution in [2.75, 3.05) is 0 Å². The number of carbonyl (C=O) groups excluding carboxylic acids is 1.